The molecular weight excluding hydrogens is 517 g/mol. The van der Waals surface area contributed by atoms with E-state index in [2.05, 4.69) is 10.6 Å². The third kappa shape index (κ3) is 7.00. The van der Waals surface area contributed by atoms with Crippen LogP contribution in [0.1, 0.15) is 54.7 Å². The van der Waals surface area contributed by atoms with Crippen molar-refractivity contribution >= 4 is 40.8 Å². The molecule has 0 spiro atoms. The Hall–Kier alpha value is -4.13. The first-order valence-electron chi connectivity index (χ1n) is 11.3. The van der Waals surface area contributed by atoms with Crippen molar-refractivity contribution in [2.24, 2.45) is 11.1 Å². The molecule has 0 aliphatic rings. The lowest BCUT2D eigenvalue weighted by Crippen LogP contribution is -2.32. The number of rotatable bonds is 11. The maximum absolute atomic E-state index is 14.3. The van der Waals surface area contributed by atoms with Gasteiger partial charge in [0.1, 0.15) is 4.88 Å². The molecule has 12 heteroatoms. The molecule has 0 aliphatic carbocycles. The molecule has 0 radical (unpaired) electrons. The van der Waals surface area contributed by atoms with Crippen molar-refractivity contribution in [2.75, 3.05) is 12.0 Å². The maximum Gasteiger partial charge on any atom is 0.353 e. The largest absolute Gasteiger partial charge is 0.478 e. The Morgan fingerprint density at radius 3 is 2.34 bits per heavy atom. The Morgan fingerprint density at radius 2 is 1.71 bits per heavy atom. The van der Waals surface area contributed by atoms with Crippen LogP contribution in [-0.4, -0.2) is 40.7 Å². The predicted octanol–water partition coefficient (Wildman–Crippen LogP) is 3.72. The van der Waals surface area contributed by atoms with Crippen LogP contribution in [-0.2, 0) is 17.8 Å². The minimum absolute atomic E-state index is 0.132. The number of hydrogen-bond donors (Lipinski definition) is 5. The first-order valence-corrected chi connectivity index (χ1v) is 12.1. The maximum atomic E-state index is 14.3. The molecule has 0 fully saturated rings. The van der Waals surface area contributed by atoms with E-state index >= 15 is 0 Å². The van der Waals surface area contributed by atoms with Crippen molar-refractivity contribution in [2.45, 2.75) is 26.8 Å². The molecule has 0 unspecified atom stereocenters. The van der Waals surface area contributed by atoms with Crippen LogP contribution in [0.5, 0.6) is 5.75 Å². The summed E-state index contributed by atoms with van der Waals surface area (Å²) in [5, 5.41) is 23.9. The van der Waals surface area contributed by atoms with Crippen molar-refractivity contribution < 1.29 is 38.5 Å². The van der Waals surface area contributed by atoms with Gasteiger partial charge >= 0.3 is 17.9 Å². The number of carbonyl (C=O) groups is 4. The number of nitrogens with two attached hydrogens (primary N) is 1. The van der Waals surface area contributed by atoms with Crippen LogP contribution in [0.4, 0.5) is 10.1 Å². The van der Waals surface area contributed by atoms with E-state index in [1.807, 2.05) is 0 Å². The number of carboxylic acid groups (broad SMARTS) is 2. The minimum atomic E-state index is -1.44. The third-order valence-electron chi connectivity index (χ3n) is 5.50. The SMILES string of the molecule is CC(C)(Cc1ccc(C(=O)Oc2ccc(CNCN)cc2F)s1)C(=O)Nc1ccc(C(=O)O)c(C(=O)O)c1. The molecule has 1 amide bonds. The van der Waals surface area contributed by atoms with Crippen LogP contribution in [0.3, 0.4) is 0 Å². The highest BCUT2D eigenvalue weighted by atomic mass is 32.1. The summed E-state index contributed by atoms with van der Waals surface area (Å²) in [6.45, 7) is 3.94. The lowest BCUT2D eigenvalue weighted by Gasteiger charge is -2.23. The van der Waals surface area contributed by atoms with E-state index in [1.165, 1.54) is 24.3 Å². The Morgan fingerprint density at radius 1 is 1.00 bits per heavy atom. The number of ether oxygens (including phenoxy) is 1. The molecule has 0 aliphatic heterocycles. The second-order valence-corrected chi connectivity index (χ2v) is 10.1. The zero-order valence-corrected chi connectivity index (χ0v) is 21.4. The van der Waals surface area contributed by atoms with Gasteiger partial charge in [-0.3, -0.25) is 4.79 Å². The summed E-state index contributed by atoms with van der Waals surface area (Å²) in [7, 11) is 0. The van der Waals surface area contributed by atoms with Gasteiger partial charge < -0.3 is 31.3 Å². The summed E-state index contributed by atoms with van der Waals surface area (Å²) in [6, 6.07) is 10.9. The summed E-state index contributed by atoms with van der Waals surface area (Å²) in [5.41, 5.74) is 4.30. The van der Waals surface area contributed by atoms with Gasteiger partial charge in [0.25, 0.3) is 0 Å². The number of aromatic carboxylic acids is 2. The van der Waals surface area contributed by atoms with Gasteiger partial charge in [-0.2, -0.15) is 0 Å². The zero-order chi connectivity index (χ0) is 28.0. The Kier molecular flexibility index (Phi) is 8.94. The van der Waals surface area contributed by atoms with Gasteiger partial charge in [0, 0.05) is 29.2 Å². The number of esters is 1. The molecule has 2 aromatic carbocycles. The third-order valence-corrected chi connectivity index (χ3v) is 6.57. The second kappa shape index (κ2) is 11.9. The van der Waals surface area contributed by atoms with Crippen LogP contribution < -0.4 is 21.1 Å². The highest BCUT2D eigenvalue weighted by Gasteiger charge is 2.30. The molecule has 0 atom stereocenters. The fraction of sp³-hybridized carbons (Fsp3) is 0.231. The van der Waals surface area contributed by atoms with Crippen LogP contribution in [0.2, 0.25) is 0 Å². The summed E-state index contributed by atoms with van der Waals surface area (Å²) >= 11 is 1.10. The number of thiophene rings is 1. The average molecular weight is 544 g/mol. The Balaban J connectivity index is 1.66. The van der Waals surface area contributed by atoms with Crippen molar-refractivity contribution in [3.8, 4) is 5.75 Å². The number of benzene rings is 2. The molecule has 0 bridgehead atoms. The Bertz CT molecular complexity index is 1390. The number of anilines is 1. The summed E-state index contributed by atoms with van der Waals surface area (Å²) in [4.78, 5) is 49.0. The number of carbonyl (C=O) groups excluding carboxylic acids is 2. The van der Waals surface area contributed by atoms with E-state index in [4.69, 9.17) is 15.6 Å². The van der Waals surface area contributed by atoms with Crippen LogP contribution >= 0.6 is 11.3 Å². The number of amides is 1. The topological polar surface area (TPSA) is 168 Å². The quantitative estimate of drug-likeness (QED) is 0.137. The summed E-state index contributed by atoms with van der Waals surface area (Å²) < 4.78 is 19.5. The van der Waals surface area contributed by atoms with E-state index in [-0.39, 0.29) is 29.4 Å². The van der Waals surface area contributed by atoms with E-state index < -0.39 is 46.2 Å². The Labute approximate surface area is 221 Å². The molecule has 6 N–H and O–H groups in total. The fourth-order valence-electron chi connectivity index (χ4n) is 3.49. The second-order valence-electron chi connectivity index (χ2n) is 8.94. The molecule has 10 nitrogen and oxygen atoms in total. The van der Waals surface area contributed by atoms with Gasteiger partial charge in [0.2, 0.25) is 5.91 Å². The van der Waals surface area contributed by atoms with E-state index in [0.29, 0.717) is 17.0 Å². The van der Waals surface area contributed by atoms with Crippen molar-refractivity contribution in [1.29, 1.82) is 0 Å². The number of hydrogen-bond acceptors (Lipinski definition) is 8. The van der Waals surface area contributed by atoms with Crippen molar-refractivity contribution in [1.82, 2.24) is 5.32 Å². The molecule has 200 valence electrons. The van der Waals surface area contributed by atoms with Gasteiger partial charge in [-0.25, -0.2) is 18.8 Å². The van der Waals surface area contributed by atoms with E-state index in [0.717, 1.165) is 23.5 Å². The lowest BCUT2D eigenvalue weighted by atomic mass is 9.87. The van der Waals surface area contributed by atoms with Crippen molar-refractivity contribution in [3.05, 3.63) is 80.8 Å². The fourth-order valence-corrected chi connectivity index (χ4v) is 4.60. The smallest absolute Gasteiger partial charge is 0.353 e. The van der Waals surface area contributed by atoms with Gasteiger partial charge in [-0.15, -0.1) is 11.3 Å². The average Bonchev–Trinajstić information content (AvgIpc) is 3.31. The summed E-state index contributed by atoms with van der Waals surface area (Å²) in [6.07, 6.45) is 0.229. The van der Waals surface area contributed by atoms with Crippen molar-refractivity contribution in [3.63, 3.8) is 0 Å². The monoisotopic (exact) mass is 543 g/mol. The van der Waals surface area contributed by atoms with Gasteiger partial charge in [-0.05, 0) is 54.4 Å². The lowest BCUT2D eigenvalue weighted by molar-refractivity contribution is -0.123. The van der Waals surface area contributed by atoms with Gasteiger partial charge in [0.05, 0.1) is 11.1 Å². The number of carboxylic acids is 2. The number of halogens is 1. The minimum Gasteiger partial charge on any atom is -0.478 e. The molecule has 0 saturated carbocycles. The molecule has 3 aromatic rings. The molecule has 0 saturated heterocycles. The molecule has 3 rings (SSSR count). The van der Waals surface area contributed by atoms with Crippen LogP contribution in [0.15, 0.2) is 48.5 Å². The van der Waals surface area contributed by atoms with Crippen LogP contribution in [0.25, 0.3) is 0 Å². The van der Waals surface area contributed by atoms with Gasteiger partial charge in [0.15, 0.2) is 11.6 Å². The number of nitrogens with one attached hydrogen (secondary N) is 2. The standard InChI is InChI=1S/C26H26FN3O7S/c1-26(2,25(36)30-15-4-6-17(22(31)32)18(10-15)23(33)34)11-16-5-8-21(38-16)24(35)37-20-7-3-14(9-19(20)27)12-29-13-28/h3-10,29H,11-13,28H2,1-2H3,(H,30,36)(H,31,32)(H,33,34). The highest BCUT2D eigenvalue weighted by molar-refractivity contribution is 7.14. The first-order chi connectivity index (χ1) is 17.9. The molecular formula is C26H26FN3O7S. The van der Waals surface area contributed by atoms with E-state index in [9.17, 15) is 28.7 Å². The molecule has 1 heterocycles. The predicted molar refractivity (Wildman–Crippen MR) is 138 cm³/mol. The van der Waals surface area contributed by atoms with Crippen LogP contribution in [0, 0.1) is 11.2 Å². The molecule has 38 heavy (non-hydrogen) atoms. The zero-order valence-electron chi connectivity index (χ0n) is 20.5. The highest BCUT2D eigenvalue weighted by Crippen LogP contribution is 2.30. The first kappa shape index (κ1) is 28.4. The van der Waals surface area contributed by atoms with E-state index in [1.54, 1.807) is 26.0 Å². The van der Waals surface area contributed by atoms with Gasteiger partial charge in [-0.1, -0.05) is 19.9 Å². The molecule has 1 aromatic heterocycles. The summed E-state index contributed by atoms with van der Waals surface area (Å²) in [5.74, 6) is -4.92. The normalized spacial score (nSPS) is 11.2.